The van der Waals surface area contributed by atoms with Crippen LogP contribution in [0.2, 0.25) is 0 Å². The molecule has 1 aromatic heterocycles. The first-order valence-corrected chi connectivity index (χ1v) is 7.05. The number of nitrogens with one attached hydrogen (secondary N) is 1. The lowest BCUT2D eigenvalue weighted by atomic mass is 10.2. The van der Waals surface area contributed by atoms with Crippen molar-refractivity contribution < 1.29 is 19.1 Å². The van der Waals surface area contributed by atoms with Gasteiger partial charge >= 0.3 is 5.97 Å². The number of carboxylic acids is 1. The van der Waals surface area contributed by atoms with Gasteiger partial charge in [0.05, 0.1) is 17.7 Å². The number of benzene rings is 1. The molecule has 8 heteroatoms. The largest absolute Gasteiger partial charge is 0.481 e. The number of halogens is 2. The Hall–Kier alpha value is -1.80. The maximum Gasteiger partial charge on any atom is 0.309 e. The zero-order valence-corrected chi connectivity index (χ0v) is 12.3. The van der Waals surface area contributed by atoms with Crippen LogP contribution in [0.4, 0.5) is 9.52 Å². The average molecular weight is 359 g/mol. The molecule has 2 N–H and O–H groups in total. The van der Waals surface area contributed by atoms with Crippen molar-refractivity contribution in [2.45, 2.75) is 6.42 Å². The van der Waals surface area contributed by atoms with Crippen LogP contribution in [0.1, 0.15) is 16.1 Å². The monoisotopic (exact) mass is 358 g/mol. The summed E-state index contributed by atoms with van der Waals surface area (Å²) >= 11 is 4.24. The van der Waals surface area contributed by atoms with Gasteiger partial charge in [-0.2, -0.15) is 0 Å². The number of carbonyl (C=O) groups excluding carboxylic acids is 1. The molecule has 1 amide bonds. The van der Waals surface area contributed by atoms with Crippen LogP contribution >= 0.6 is 27.3 Å². The second kappa shape index (κ2) is 6.10. The van der Waals surface area contributed by atoms with Gasteiger partial charge in [0.1, 0.15) is 5.82 Å². The number of hydrogen-bond acceptors (Lipinski definition) is 4. The molecule has 104 valence electrons. The molecular weight excluding hydrogens is 351 g/mol. The lowest BCUT2D eigenvalue weighted by Gasteiger charge is -2.03. The summed E-state index contributed by atoms with van der Waals surface area (Å²) in [4.78, 5) is 26.4. The number of rotatable bonds is 4. The van der Waals surface area contributed by atoms with Crippen LogP contribution in [0, 0.1) is 5.82 Å². The van der Waals surface area contributed by atoms with Gasteiger partial charge < -0.3 is 5.11 Å². The van der Waals surface area contributed by atoms with Crippen LogP contribution in [0.25, 0.3) is 0 Å². The molecule has 0 aliphatic carbocycles. The zero-order valence-electron chi connectivity index (χ0n) is 9.89. The summed E-state index contributed by atoms with van der Waals surface area (Å²) in [6.07, 6.45) is -0.225. The van der Waals surface area contributed by atoms with Gasteiger partial charge in [-0.15, -0.1) is 11.3 Å². The molecule has 0 bridgehead atoms. The Kier molecular flexibility index (Phi) is 4.46. The van der Waals surface area contributed by atoms with Crippen molar-refractivity contribution >= 4 is 44.3 Å². The number of anilines is 1. The number of thiazole rings is 1. The minimum absolute atomic E-state index is 0.116. The summed E-state index contributed by atoms with van der Waals surface area (Å²) in [6.45, 7) is 0. The zero-order chi connectivity index (χ0) is 14.7. The van der Waals surface area contributed by atoms with Gasteiger partial charge in [0.25, 0.3) is 5.91 Å². The minimum Gasteiger partial charge on any atom is -0.481 e. The number of carbonyl (C=O) groups is 2. The number of nitrogens with zero attached hydrogens (tertiary/aromatic N) is 1. The first kappa shape index (κ1) is 14.6. The molecule has 2 aromatic rings. The van der Waals surface area contributed by atoms with Gasteiger partial charge in [-0.25, -0.2) is 9.37 Å². The molecule has 1 heterocycles. The Labute approximate surface area is 125 Å². The predicted octanol–water partition coefficient (Wildman–Crippen LogP) is 2.92. The maximum absolute atomic E-state index is 13.5. The van der Waals surface area contributed by atoms with E-state index in [2.05, 4.69) is 26.2 Å². The fourth-order valence-electron chi connectivity index (χ4n) is 1.44. The van der Waals surface area contributed by atoms with Gasteiger partial charge in [-0.3, -0.25) is 14.9 Å². The summed E-state index contributed by atoms with van der Waals surface area (Å²) in [5.74, 6) is -2.29. The molecular formula is C12H8BrFN2O3S. The Morgan fingerprint density at radius 2 is 2.20 bits per heavy atom. The molecule has 2 rings (SSSR count). The smallest absolute Gasteiger partial charge is 0.309 e. The van der Waals surface area contributed by atoms with Crippen molar-refractivity contribution in [2.75, 3.05) is 5.32 Å². The van der Waals surface area contributed by atoms with Crippen LogP contribution in [-0.2, 0) is 11.2 Å². The van der Waals surface area contributed by atoms with Gasteiger partial charge in [-0.05, 0) is 18.2 Å². The standard InChI is InChI=1S/C12H8BrFN2O3S/c13-6-1-2-9(14)8(3-6)11(19)16-12-15-7(5-20-12)4-10(17)18/h1-3,5H,4H2,(H,17,18)(H,15,16,19). The van der Waals surface area contributed by atoms with Gasteiger partial charge in [-0.1, -0.05) is 15.9 Å². The van der Waals surface area contributed by atoms with Crippen molar-refractivity contribution in [3.63, 3.8) is 0 Å². The molecule has 0 saturated heterocycles. The highest BCUT2D eigenvalue weighted by molar-refractivity contribution is 9.10. The number of amides is 1. The Morgan fingerprint density at radius 3 is 2.90 bits per heavy atom. The summed E-state index contributed by atoms with van der Waals surface area (Å²) in [5.41, 5.74) is 0.224. The third-order valence-electron chi connectivity index (χ3n) is 2.28. The van der Waals surface area contributed by atoms with Crippen molar-refractivity contribution in [1.29, 1.82) is 0 Å². The van der Waals surface area contributed by atoms with Crippen LogP contribution in [0.3, 0.4) is 0 Å². The lowest BCUT2D eigenvalue weighted by molar-refractivity contribution is -0.136. The number of aliphatic carboxylic acids is 1. The highest BCUT2D eigenvalue weighted by atomic mass is 79.9. The summed E-state index contributed by atoms with van der Waals surface area (Å²) in [5, 5.41) is 12.8. The molecule has 0 aliphatic rings. The molecule has 20 heavy (non-hydrogen) atoms. The first-order valence-electron chi connectivity index (χ1n) is 5.38. The molecule has 1 aromatic carbocycles. The first-order chi connectivity index (χ1) is 9.45. The van der Waals surface area contributed by atoms with Gasteiger partial charge in [0.15, 0.2) is 5.13 Å². The molecule has 0 aliphatic heterocycles. The van der Waals surface area contributed by atoms with Gasteiger partial charge in [0, 0.05) is 9.85 Å². The normalized spacial score (nSPS) is 10.3. The Bertz CT molecular complexity index is 674. The number of aromatic nitrogens is 1. The Morgan fingerprint density at radius 1 is 1.45 bits per heavy atom. The molecule has 0 spiro atoms. The third-order valence-corrected chi connectivity index (χ3v) is 3.58. The SMILES string of the molecule is O=C(O)Cc1csc(NC(=O)c2cc(Br)ccc2F)n1. The molecule has 0 saturated carbocycles. The topological polar surface area (TPSA) is 79.3 Å². The van der Waals surface area contributed by atoms with E-state index in [4.69, 9.17) is 5.11 Å². The van der Waals surface area contributed by atoms with Crippen molar-refractivity contribution in [1.82, 2.24) is 4.98 Å². The molecule has 0 atom stereocenters. The van der Waals surface area contributed by atoms with Crippen LogP contribution in [0.15, 0.2) is 28.1 Å². The summed E-state index contributed by atoms with van der Waals surface area (Å²) < 4.78 is 14.1. The fraction of sp³-hybridized carbons (Fsp3) is 0.0833. The summed E-state index contributed by atoms with van der Waals surface area (Å²) in [6, 6.07) is 4.02. The highest BCUT2D eigenvalue weighted by Gasteiger charge is 2.14. The third kappa shape index (κ3) is 3.61. The summed E-state index contributed by atoms with van der Waals surface area (Å²) in [7, 11) is 0. The van der Waals surface area contributed by atoms with Crippen LogP contribution < -0.4 is 5.32 Å². The van der Waals surface area contributed by atoms with E-state index in [1.807, 2.05) is 0 Å². The Balaban J connectivity index is 2.13. The molecule has 5 nitrogen and oxygen atoms in total. The van der Waals surface area contributed by atoms with Gasteiger partial charge in [0.2, 0.25) is 0 Å². The van der Waals surface area contributed by atoms with Crippen molar-refractivity contribution in [3.05, 3.63) is 45.1 Å². The molecule has 0 radical (unpaired) electrons. The van der Waals surface area contributed by atoms with E-state index in [-0.39, 0.29) is 17.1 Å². The second-order valence-electron chi connectivity index (χ2n) is 3.79. The van der Waals surface area contributed by atoms with E-state index in [0.29, 0.717) is 10.2 Å². The van der Waals surface area contributed by atoms with E-state index >= 15 is 0 Å². The highest BCUT2D eigenvalue weighted by Crippen LogP contribution is 2.20. The quantitative estimate of drug-likeness (QED) is 0.880. The fourth-order valence-corrected chi connectivity index (χ4v) is 2.50. The number of carboxylic acid groups (broad SMARTS) is 1. The average Bonchev–Trinajstić information content (AvgIpc) is 2.78. The maximum atomic E-state index is 13.5. The van der Waals surface area contributed by atoms with Crippen molar-refractivity contribution in [2.24, 2.45) is 0 Å². The van der Waals surface area contributed by atoms with E-state index in [1.54, 1.807) is 0 Å². The number of hydrogen-bond donors (Lipinski definition) is 2. The predicted molar refractivity (Wildman–Crippen MR) is 75.5 cm³/mol. The van der Waals surface area contributed by atoms with Crippen LogP contribution in [0.5, 0.6) is 0 Å². The molecule has 0 unspecified atom stereocenters. The van der Waals surface area contributed by atoms with Crippen LogP contribution in [-0.4, -0.2) is 22.0 Å². The minimum atomic E-state index is -1.01. The van der Waals surface area contributed by atoms with E-state index < -0.39 is 17.7 Å². The molecule has 0 fully saturated rings. The van der Waals surface area contributed by atoms with E-state index in [9.17, 15) is 14.0 Å². The van der Waals surface area contributed by atoms with Crippen molar-refractivity contribution in [3.8, 4) is 0 Å². The van der Waals surface area contributed by atoms with E-state index in [1.165, 1.54) is 23.6 Å². The second-order valence-corrected chi connectivity index (χ2v) is 5.57. The van der Waals surface area contributed by atoms with E-state index in [0.717, 1.165) is 11.3 Å². The lowest BCUT2D eigenvalue weighted by Crippen LogP contribution is -2.13.